The zero-order valence-electron chi connectivity index (χ0n) is 17.5. The van der Waals surface area contributed by atoms with Crippen LogP contribution < -0.4 is 5.32 Å². The number of sulfonamides is 1. The van der Waals surface area contributed by atoms with Crippen LogP contribution in [-0.2, 0) is 14.8 Å². The van der Waals surface area contributed by atoms with Gasteiger partial charge in [0.25, 0.3) is 0 Å². The lowest BCUT2D eigenvalue weighted by molar-refractivity contribution is -0.116. The van der Waals surface area contributed by atoms with Gasteiger partial charge >= 0.3 is 0 Å². The van der Waals surface area contributed by atoms with Gasteiger partial charge in [0.1, 0.15) is 0 Å². The van der Waals surface area contributed by atoms with Crippen LogP contribution >= 0.6 is 11.3 Å². The number of carbonyl (C=O) groups is 1. The number of nitrogens with one attached hydrogen (secondary N) is 1. The molecule has 0 radical (unpaired) electrons. The van der Waals surface area contributed by atoms with Gasteiger partial charge in [-0.2, -0.15) is 4.31 Å². The molecule has 2 heterocycles. The Labute approximate surface area is 179 Å². The van der Waals surface area contributed by atoms with Crippen molar-refractivity contribution in [3.8, 4) is 11.3 Å². The van der Waals surface area contributed by atoms with E-state index in [4.69, 9.17) is 0 Å². The van der Waals surface area contributed by atoms with E-state index in [0.717, 1.165) is 43.4 Å². The van der Waals surface area contributed by atoms with E-state index in [-0.39, 0.29) is 7.33 Å². The van der Waals surface area contributed by atoms with E-state index in [1.807, 2.05) is 19.2 Å². The Kier molecular flexibility index (Phi) is 9.26. The molecule has 6 nitrogen and oxygen atoms in total. The lowest BCUT2D eigenvalue weighted by Crippen LogP contribution is -2.27. The van der Waals surface area contributed by atoms with Crippen LogP contribution in [0.15, 0.2) is 34.5 Å². The first-order valence-electron chi connectivity index (χ1n) is 10.4. The quantitative estimate of drug-likeness (QED) is 0.560. The SMILES string of the molecule is CC.CCCCCC(=O)Nc1nc(-c2ccc(S(=O)(=O)N3CCCC3)cc2)cs1.[HH]. The summed E-state index contributed by atoms with van der Waals surface area (Å²) in [6.07, 6.45) is 5.35. The van der Waals surface area contributed by atoms with Crippen molar-refractivity contribution < 1.29 is 14.6 Å². The highest BCUT2D eigenvalue weighted by Crippen LogP contribution is 2.27. The van der Waals surface area contributed by atoms with Crippen LogP contribution in [0.25, 0.3) is 11.3 Å². The summed E-state index contributed by atoms with van der Waals surface area (Å²) in [7, 11) is -3.40. The molecule has 1 aliphatic heterocycles. The third-order valence-corrected chi connectivity index (χ3v) is 7.28. The summed E-state index contributed by atoms with van der Waals surface area (Å²) in [6, 6.07) is 6.80. The first-order chi connectivity index (χ1) is 14.0. The van der Waals surface area contributed by atoms with Crippen LogP contribution in [-0.4, -0.2) is 36.7 Å². The summed E-state index contributed by atoms with van der Waals surface area (Å²) in [5, 5.41) is 5.27. The molecule has 0 spiro atoms. The molecule has 3 rings (SSSR count). The molecular formula is C21H33N3O3S2. The first-order valence-corrected chi connectivity index (χ1v) is 12.7. The highest BCUT2D eigenvalue weighted by Gasteiger charge is 2.27. The minimum absolute atomic E-state index is 0. The molecule has 1 amide bonds. The van der Waals surface area contributed by atoms with Crippen molar-refractivity contribution in [1.29, 1.82) is 0 Å². The van der Waals surface area contributed by atoms with Crippen LogP contribution in [0.5, 0.6) is 0 Å². The number of hydrogen-bond acceptors (Lipinski definition) is 5. The maximum Gasteiger partial charge on any atom is 0.243 e. The van der Waals surface area contributed by atoms with Gasteiger partial charge in [0.15, 0.2) is 5.13 Å². The van der Waals surface area contributed by atoms with Crippen LogP contribution in [0.3, 0.4) is 0 Å². The third kappa shape index (κ3) is 6.35. The zero-order valence-corrected chi connectivity index (χ0v) is 19.1. The fourth-order valence-electron chi connectivity index (χ4n) is 3.06. The molecule has 1 fully saturated rings. The van der Waals surface area contributed by atoms with E-state index in [2.05, 4.69) is 17.2 Å². The second-order valence-electron chi connectivity index (χ2n) is 6.68. The zero-order chi connectivity index (χ0) is 21.3. The van der Waals surface area contributed by atoms with Crippen molar-refractivity contribution in [2.45, 2.75) is 64.2 Å². The Morgan fingerprint density at radius 3 is 2.45 bits per heavy atom. The molecule has 0 atom stereocenters. The van der Waals surface area contributed by atoms with Gasteiger partial charge in [0.2, 0.25) is 15.9 Å². The summed E-state index contributed by atoms with van der Waals surface area (Å²) in [5.41, 5.74) is 1.56. The Morgan fingerprint density at radius 1 is 1.17 bits per heavy atom. The lowest BCUT2D eigenvalue weighted by atomic mass is 10.2. The molecule has 1 aromatic carbocycles. The van der Waals surface area contributed by atoms with Gasteiger partial charge in [-0.3, -0.25) is 4.79 Å². The van der Waals surface area contributed by atoms with Crippen molar-refractivity contribution in [2.75, 3.05) is 18.4 Å². The minimum atomic E-state index is -3.40. The van der Waals surface area contributed by atoms with E-state index in [1.54, 1.807) is 24.3 Å². The fourth-order valence-corrected chi connectivity index (χ4v) is 5.31. The second kappa shape index (κ2) is 11.4. The maximum atomic E-state index is 12.6. The van der Waals surface area contributed by atoms with Crippen LogP contribution in [0.2, 0.25) is 0 Å². The number of thiazole rings is 1. The number of unbranched alkanes of at least 4 members (excludes halogenated alkanes) is 2. The van der Waals surface area contributed by atoms with Crippen LogP contribution in [0.4, 0.5) is 5.13 Å². The molecule has 29 heavy (non-hydrogen) atoms. The molecule has 1 saturated heterocycles. The molecule has 0 unspecified atom stereocenters. The van der Waals surface area contributed by atoms with Gasteiger partial charge in [-0.15, -0.1) is 11.3 Å². The topological polar surface area (TPSA) is 79.4 Å². The summed E-state index contributed by atoms with van der Waals surface area (Å²) >= 11 is 1.37. The molecule has 0 bridgehead atoms. The van der Waals surface area contributed by atoms with Gasteiger partial charge in [0.05, 0.1) is 10.6 Å². The number of carbonyl (C=O) groups excluding carboxylic acids is 1. The fraction of sp³-hybridized carbons (Fsp3) is 0.524. The number of benzene rings is 1. The van der Waals surface area contributed by atoms with E-state index >= 15 is 0 Å². The highest BCUT2D eigenvalue weighted by molar-refractivity contribution is 7.89. The maximum absolute atomic E-state index is 12.6. The average molecular weight is 440 g/mol. The number of hydrogen-bond donors (Lipinski definition) is 1. The summed E-state index contributed by atoms with van der Waals surface area (Å²) in [6.45, 7) is 7.29. The molecule has 8 heteroatoms. The van der Waals surface area contributed by atoms with Crippen molar-refractivity contribution in [3.63, 3.8) is 0 Å². The first kappa shape index (κ1) is 23.5. The Morgan fingerprint density at radius 2 is 1.83 bits per heavy atom. The molecule has 0 saturated carbocycles. The van der Waals surface area contributed by atoms with E-state index in [9.17, 15) is 13.2 Å². The van der Waals surface area contributed by atoms with Crippen LogP contribution in [0.1, 0.15) is 60.7 Å². The summed E-state index contributed by atoms with van der Waals surface area (Å²) in [5.74, 6) is -0.0172. The monoisotopic (exact) mass is 439 g/mol. The Bertz CT molecular complexity index is 877. The third-order valence-electron chi connectivity index (χ3n) is 4.61. The normalized spacial score (nSPS) is 14.3. The van der Waals surface area contributed by atoms with E-state index in [0.29, 0.717) is 29.5 Å². The van der Waals surface area contributed by atoms with Gasteiger partial charge in [0, 0.05) is 31.9 Å². The number of aromatic nitrogens is 1. The summed E-state index contributed by atoms with van der Waals surface area (Å²) < 4.78 is 26.7. The summed E-state index contributed by atoms with van der Waals surface area (Å²) in [4.78, 5) is 16.7. The van der Waals surface area contributed by atoms with E-state index in [1.165, 1.54) is 15.6 Å². The molecule has 2 aromatic rings. The van der Waals surface area contributed by atoms with Crippen LogP contribution in [0, 0.1) is 0 Å². The minimum Gasteiger partial charge on any atom is -0.302 e. The van der Waals surface area contributed by atoms with Crippen molar-refractivity contribution in [3.05, 3.63) is 29.6 Å². The number of amides is 1. The molecule has 162 valence electrons. The molecule has 0 aliphatic carbocycles. The number of anilines is 1. The predicted octanol–water partition coefficient (Wildman–Crippen LogP) is 5.39. The van der Waals surface area contributed by atoms with Gasteiger partial charge in [-0.1, -0.05) is 45.7 Å². The largest absolute Gasteiger partial charge is 0.302 e. The van der Waals surface area contributed by atoms with Gasteiger partial charge in [-0.05, 0) is 31.4 Å². The second-order valence-corrected chi connectivity index (χ2v) is 9.47. The van der Waals surface area contributed by atoms with E-state index < -0.39 is 10.0 Å². The lowest BCUT2D eigenvalue weighted by Gasteiger charge is -2.15. The van der Waals surface area contributed by atoms with Crippen molar-refractivity contribution in [2.24, 2.45) is 0 Å². The average Bonchev–Trinajstić information content (AvgIpc) is 3.43. The Balaban J connectivity index is 0.00000146. The number of rotatable bonds is 8. The van der Waals surface area contributed by atoms with Gasteiger partial charge < -0.3 is 5.32 Å². The molecule has 1 aromatic heterocycles. The molecular weight excluding hydrogens is 406 g/mol. The molecule has 1 N–H and O–H groups in total. The van der Waals surface area contributed by atoms with Gasteiger partial charge in [-0.25, -0.2) is 13.4 Å². The van der Waals surface area contributed by atoms with Crippen molar-refractivity contribution in [1.82, 2.24) is 9.29 Å². The standard InChI is InChI=1S/C19H25N3O3S2.C2H6.H2/c1-2-3-4-7-18(23)21-19-20-17(14-26-19)15-8-10-16(11-9-15)27(24,25)22-12-5-6-13-22;1-2;/h8-11,14H,2-7,12-13H2,1H3,(H,20,21,23);1-2H3;1H. The van der Waals surface area contributed by atoms with Crippen molar-refractivity contribution >= 4 is 32.4 Å². The highest BCUT2D eigenvalue weighted by atomic mass is 32.2. The number of nitrogens with zero attached hydrogens (tertiary/aromatic N) is 2. The Hall–Kier alpha value is -1.77. The smallest absolute Gasteiger partial charge is 0.243 e. The molecule has 1 aliphatic rings. The predicted molar refractivity (Wildman–Crippen MR) is 122 cm³/mol.